The minimum atomic E-state index is -0.212. The van der Waals surface area contributed by atoms with Crippen molar-refractivity contribution in [2.45, 2.75) is 12.8 Å². The van der Waals surface area contributed by atoms with Gasteiger partial charge in [-0.15, -0.1) is 24.0 Å². The maximum absolute atomic E-state index is 13.0. The number of aryl methyl sites for hydroxylation is 1. The van der Waals surface area contributed by atoms with Crippen molar-refractivity contribution in [2.24, 2.45) is 10.7 Å². The summed E-state index contributed by atoms with van der Waals surface area (Å²) in [5, 5.41) is 9.28. The zero-order valence-corrected chi connectivity index (χ0v) is 17.6. The first-order valence-electron chi connectivity index (χ1n) is 8.95. The molecule has 1 aliphatic heterocycles. The number of hydrogen-bond acceptors (Lipinski definition) is 3. The van der Waals surface area contributed by atoms with Gasteiger partial charge in [-0.3, -0.25) is 4.99 Å². The summed E-state index contributed by atoms with van der Waals surface area (Å²) >= 11 is 0. The Balaban J connectivity index is 0.00000261. The van der Waals surface area contributed by atoms with Crippen LogP contribution in [0.25, 0.3) is 0 Å². The number of aromatic hydroxyl groups is 1. The van der Waals surface area contributed by atoms with Gasteiger partial charge in [0.2, 0.25) is 0 Å². The van der Waals surface area contributed by atoms with E-state index < -0.39 is 0 Å². The molecular weight excluding hydrogens is 458 g/mol. The Hall–Kier alpha value is -2.03. The number of phenols is 1. The number of anilines is 1. The van der Waals surface area contributed by atoms with Gasteiger partial charge in [-0.05, 0) is 54.8 Å². The molecule has 1 heterocycles. The lowest BCUT2D eigenvalue weighted by atomic mass is 10.1. The van der Waals surface area contributed by atoms with E-state index in [0.29, 0.717) is 12.5 Å². The van der Waals surface area contributed by atoms with E-state index in [-0.39, 0.29) is 35.5 Å². The lowest BCUT2D eigenvalue weighted by Crippen LogP contribution is -2.51. The van der Waals surface area contributed by atoms with Crippen LogP contribution in [-0.2, 0) is 6.42 Å². The van der Waals surface area contributed by atoms with Crippen LogP contribution >= 0.6 is 24.0 Å². The summed E-state index contributed by atoms with van der Waals surface area (Å²) < 4.78 is 13.0. The first-order chi connectivity index (χ1) is 12.6. The normalized spacial score (nSPS) is 14.8. The molecule has 0 unspecified atom stereocenters. The van der Waals surface area contributed by atoms with Gasteiger partial charge in [-0.25, -0.2) is 4.39 Å². The first kappa shape index (κ1) is 21.3. The summed E-state index contributed by atoms with van der Waals surface area (Å²) in [6, 6.07) is 13.9. The monoisotopic (exact) mass is 484 g/mol. The molecular formula is C20H26FIN4O. The van der Waals surface area contributed by atoms with Crippen molar-refractivity contribution < 1.29 is 9.50 Å². The van der Waals surface area contributed by atoms with Gasteiger partial charge in [0.05, 0.1) is 0 Å². The third-order valence-electron chi connectivity index (χ3n) is 4.63. The molecule has 3 rings (SSSR count). The second-order valence-corrected chi connectivity index (χ2v) is 6.46. The molecule has 146 valence electrons. The summed E-state index contributed by atoms with van der Waals surface area (Å²) in [6.45, 7) is 3.99. The van der Waals surface area contributed by atoms with Gasteiger partial charge in [0, 0.05) is 38.4 Å². The van der Waals surface area contributed by atoms with E-state index in [4.69, 9.17) is 5.73 Å². The fraction of sp³-hybridized carbons (Fsp3) is 0.350. The number of hydrogen-bond donors (Lipinski definition) is 2. The van der Waals surface area contributed by atoms with E-state index in [1.165, 1.54) is 17.7 Å². The molecule has 1 aliphatic rings. The molecule has 2 aromatic rings. The largest absolute Gasteiger partial charge is 0.508 e. The molecule has 7 heteroatoms. The number of aliphatic imine (C=N–C) groups is 1. The molecule has 3 N–H and O–H groups in total. The van der Waals surface area contributed by atoms with Crippen LogP contribution in [0, 0.1) is 5.82 Å². The topological polar surface area (TPSA) is 65.1 Å². The minimum absolute atomic E-state index is 0. The fourth-order valence-electron chi connectivity index (χ4n) is 3.09. The standard InChI is InChI=1S/C20H25FN4O.HI/c21-17-5-7-18(8-6-17)24-12-14-25(15-13-24)20(22)23-11-1-2-16-3-9-19(26)10-4-16;/h3-10,26H,1-2,11-15H2,(H2,22,23);1H. The van der Waals surface area contributed by atoms with Crippen molar-refractivity contribution in [3.63, 3.8) is 0 Å². The molecule has 0 radical (unpaired) electrons. The van der Waals surface area contributed by atoms with E-state index in [1.807, 2.05) is 24.3 Å². The third kappa shape index (κ3) is 6.27. The van der Waals surface area contributed by atoms with Gasteiger partial charge < -0.3 is 20.6 Å². The van der Waals surface area contributed by atoms with Crippen LogP contribution < -0.4 is 10.6 Å². The van der Waals surface area contributed by atoms with Crippen LogP contribution in [-0.4, -0.2) is 48.7 Å². The van der Waals surface area contributed by atoms with Gasteiger partial charge in [0.25, 0.3) is 0 Å². The number of nitrogens with two attached hydrogens (primary N) is 1. The first-order valence-corrected chi connectivity index (χ1v) is 8.95. The molecule has 1 fully saturated rings. The van der Waals surface area contributed by atoms with Crippen LogP contribution in [0.3, 0.4) is 0 Å². The van der Waals surface area contributed by atoms with E-state index in [2.05, 4.69) is 14.8 Å². The molecule has 0 bridgehead atoms. The molecule has 27 heavy (non-hydrogen) atoms. The van der Waals surface area contributed by atoms with Crippen molar-refractivity contribution in [3.8, 4) is 5.75 Å². The lowest BCUT2D eigenvalue weighted by molar-refractivity contribution is 0.380. The number of phenolic OH excluding ortho intramolecular Hbond substituents is 1. The molecule has 0 spiro atoms. The maximum Gasteiger partial charge on any atom is 0.191 e. The third-order valence-corrected chi connectivity index (χ3v) is 4.63. The predicted octanol–water partition coefficient (Wildman–Crippen LogP) is 3.22. The quantitative estimate of drug-likeness (QED) is 0.296. The Morgan fingerprint density at radius 2 is 1.63 bits per heavy atom. The Labute approximate surface area is 176 Å². The molecule has 5 nitrogen and oxygen atoms in total. The van der Waals surface area contributed by atoms with Crippen molar-refractivity contribution >= 4 is 35.6 Å². The SMILES string of the molecule is I.NC(=NCCCc1ccc(O)cc1)N1CCN(c2ccc(F)cc2)CC1. The smallest absolute Gasteiger partial charge is 0.191 e. The van der Waals surface area contributed by atoms with E-state index in [9.17, 15) is 9.50 Å². The van der Waals surface area contributed by atoms with Crippen LogP contribution in [0.1, 0.15) is 12.0 Å². The number of halogens is 2. The summed E-state index contributed by atoms with van der Waals surface area (Å²) in [7, 11) is 0. The van der Waals surface area contributed by atoms with Crippen LogP contribution in [0.15, 0.2) is 53.5 Å². The van der Waals surface area contributed by atoms with Gasteiger partial charge in [0.1, 0.15) is 11.6 Å². The van der Waals surface area contributed by atoms with Crippen LogP contribution in [0.2, 0.25) is 0 Å². The molecule has 0 aliphatic carbocycles. The summed E-state index contributed by atoms with van der Waals surface area (Å²) in [4.78, 5) is 8.82. The minimum Gasteiger partial charge on any atom is -0.508 e. The van der Waals surface area contributed by atoms with Gasteiger partial charge in [-0.2, -0.15) is 0 Å². The van der Waals surface area contributed by atoms with Gasteiger partial charge in [0.15, 0.2) is 5.96 Å². The highest BCUT2D eigenvalue weighted by molar-refractivity contribution is 14.0. The van der Waals surface area contributed by atoms with Crippen molar-refractivity contribution in [2.75, 3.05) is 37.6 Å². The molecule has 0 atom stereocenters. The Kier molecular flexibility index (Phi) is 8.15. The molecule has 1 saturated heterocycles. The Morgan fingerprint density at radius 3 is 2.26 bits per heavy atom. The Morgan fingerprint density at radius 1 is 1.00 bits per heavy atom. The second-order valence-electron chi connectivity index (χ2n) is 6.46. The number of guanidine groups is 1. The highest BCUT2D eigenvalue weighted by atomic mass is 127. The molecule has 0 amide bonds. The average Bonchev–Trinajstić information content (AvgIpc) is 2.67. The number of piperazine rings is 1. The molecule has 0 saturated carbocycles. The average molecular weight is 484 g/mol. The zero-order chi connectivity index (χ0) is 18.4. The molecule has 0 aromatic heterocycles. The number of nitrogens with zero attached hydrogens (tertiary/aromatic N) is 3. The second kappa shape index (κ2) is 10.3. The van der Waals surface area contributed by atoms with Crippen molar-refractivity contribution in [3.05, 3.63) is 59.9 Å². The zero-order valence-electron chi connectivity index (χ0n) is 15.2. The summed E-state index contributed by atoms with van der Waals surface area (Å²) in [6.07, 6.45) is 1.83. The van der Waals surface area contributed by atoms with E-state index in [1.54, 1.807) is 12.1 Å². The van der Waals surface area contributed by atoms with Gasteiger partial charge in [-0.1, -0.05) is 12.1 Å². The van der Waals surface area contributed by atoms with Crippen LogP contribution in [0.4, 0.5) is 10.1 Å². The molecule has 2 aromatic carbocycles. The number of benzene rings is 2. The van der Waals surface area contributed by atoms with E-state index >= 15 is 0 Å². The highest BCUT2D eigenvalue weighted by Crippen LogP contribution is 2.17. The maximum atomic E-state index is 13.0. The fourth-order valence-corrected chi connectivity index (χ4v) is 3.09. The van der Waals surface area contributed by atoms with Gasteiger partial charge >= 0.3 is 0 Å². The van der Waals surface area contributed by atoms with Crippen molar-refractivity contribution in [1.82, 2.24) is 4.90 Å². The van der Waals surface area contributed by atoms with E-state index in [0.717, 1.165) is 44.7 Å². The highest BCUT2D eigenvalue weighted by Gasteiger charge is 2.18. The lowest BCUT2D eigenvalue weighted by Gasteiger charge is -2.36. The van der Waals surface area contributed by atoms with Crippen molar-refractivity contribution in [1.29, 1.82) is 0 Å². The summed E-state index contributed by atoms with van der Waals surface area (Å²) in [5.74, 6) is 0.668. The Bertz CT molecular complexity index is 729. The summed E-state index contributed by atoms with van der Waals surface area (Å²) in [5.41, 5.74) is 8.35. The van der Waals surface area contributed by atoms with Crippen LogP contribution in [0.5, 0.6) is 5.75 Å². The predicted molar refractivity (Wildman–Crippen MR) is 119 cm³/mol. The number of rotatable bonds is 5.